The van der Waals surface area contributed by atoms with E-state index in [0.717, 1.165) is 6.07 Å². The molecule has 0 aliphatic heterocycles. The third-order valence-corrected chi connectivity index (χ3v) is 3.17. The van der Waals surface area contributed by atoms with Gasteiger partial charge in [0.15, 0.2) is 5.65 Å². The fourth-order valence-electron chi connectivity index (χ4n) is 2.17. The minimum absolute atomic E-state index is 0.0387. The maximum absolute atomic E-state index is 12.9. The molecule has 0 fully saturated rings. The van der Waals surface area contributed by atoms with Gasteiger partial charge in [-0.3, -0.25) is 14.2 Å². The summed E-state index contributed by atoms with van der Waals surface area (Å²) in [5.41, 5.74) is -1.61. The van der Waals surface area contributed by atoms with Crippen LogP contribution in [0, 0.1) is 0 Å². The Hall–Kier alpha value is -2.97. The van der Waals surface area contributed by atoms with Crippen molar-refractivity contribution in [1.82, 2.24) is 19.4 Å². The number of hydrogen-bond acceptors (Lipinski definition) is 5. The van der Waals surface area contributed by atoms with E-state index in [9.17, 15) is 18.0 Å². The summed E-state index contributed by atoms with van der Waals surface area (Å²) in [4.78, 5) is 23.6. The normalized spacial score (nSPS) is 11.7. The second-order valence-electron chi connectivity index (χ2n) is 4.61. The Kier molecular flexibility index (Phi) is 3.47. The fraction of sp³-hybridized carbons (Fsp3) is 0.143. The lowest BCUT2D eigenvalue weighted by molar-refractivity contribution is -0.141. The summed E-state index contributed by atoms with van der Waals surface area (Å²) >= 11 is 0. The molecule has 0 spiro atoms. The quantitative estimate of drug-likeness (QED) is 0.783. The predicted molar refractivity (Wildman–Crippen MR) is 77.0 cm³/mol. The first-order valence-corrected chi connectivity index (χ1v) is 6.50. The van der Waals surface area contributed by atoms with Crippen molar-refractivity contribution in [2.75, 3.05) is 12.4 Å². The van der Waals surface area contributed by atoms with E-state index < -0.39 is 17.4 Å². The third kappa shape index (κ3) is 2.60. The van der Waals surface area contributed by atoms with Crippen LogP contribution in [0.5, 0.6) is 0 Å². The maximum Gasteiger partial charge on any atom is 0.433 e. The van der Waals surface area contributed by atoms with E-state index in [1.54, 1.807) is 12.1 Å². The Balaban J connectivity index is 2.43. The van der Waals surface area contributed by atoms with Gasteiger partial charge >= 0.3 is 6.18 Å². The van der Waals surface area contributed by atoms with Crippen molar-refractivity contribution in [1.29, 1.82) is 0 Å². The standard InChI is InChI=1S/C14H10F3N5O/c1-18-13-21-12(23)10(8-3-2-5-19-7-8)11-20-9(14(15,16)17)4-6-22(11)13/h2-7H,1H3,(H,18,21,23). The van der Waals surface area contributed by atoms with E-state index in [2.05, 4.69) is 20.3 Å². The Morgan fingerprint density at radius 3 is 2.61 bits per heavy atom. The van der Waals surface area contributed by atoms with Crippen LogP contribution in [0.1, 0.15) is 5.69 Å². The van der Waals surface area contributed by atoms with Gasteiger partial charge in [0.25, 0.3) is 5.56 Å². The van der Waals surface area contributed by atoms with Crippen LogP contribution >= 0.6 is 0 Å². The molecule has 3 aromatic heterocycles. The zero-order chi connectivity index (χ0) is 16.6. The van der Waals surface area contributed by atoms with Crippen molar-refractivity contribution in [3.63, 3.8) is 0 Å². The molecule has 23 heavy (non-hydrogen) atoms. The first-order valence-electron chi connectivity index (χ1n) is 6.50. The second-order valence-corrected chi connectivity index (χ2v) is 4.61. The lowest BCUT2D eigenvalue weighted by atomic mass is 10.1. The van der Waals surface area contributed by atoms with Crippen LogP contribution in [0.15, 0.2) is 41.6 Å². The number of fused-ring (bicyclic) bond motifs is 1. The molecule has 3 rings (SSSR count). The molecule has 0 radical (unpaired) electrons. The molecule has 3 aromatic rings. The molecule has 0 atom stereocenters. The third-order valence-electron chi connectivity index (χ3n) is 3.17. The van der Waals surface area contributed by atoms with Crippen molar-refractivity contribution in [3.05, 3.63) is 52.8 Å². The molecule has 0 saturated heterocycles. The lowest BCUT2D eigenvalue weighted by Gasteiger charge is -2.13. The highest BCUT2D eigenvalue weighted by Crippen LogP contribution is 2.29. The highest BCUT2D eigenvalue weighted by atomic mass is 19.4. The van der Waals surface area contributed by atoms with Gasteiger partial charge in [-0.15, -0.1) is 0 Å². The molecular weight excluding hydrogens is 311 g/mol. The number of halogens is 3. The van der Waals surface area contributed by atoms with Gasteiger partial charge in [-0.1, -0.05) is 6.07 Å². The van der Waals surface area contributed by atoms with Gasteiger partial charge in [-0.2, -0.15) is 18.2 Å². The van der Waals surface area contributed by atoms with E-state index in [4.69, 9.17) is 0 Å². The SMILES string of the molecule is CNc1nc(=O)c(-c2cccnc2)c2nc(C(F)(F)F)ccn12. The van der Waals surface area contributed by atoms with E-state index in [0.29, 0.717) is 5.56 Å². The fourth-order valence-corrected chi connectivity index (χ4v) is 2.17. The predicted octanol–water partition coefficient (Wildman–Crippen LogP) is 2.21. The molecule has 9 heteroatoms. The summed E-state index contributed by atoms with van der Waals surface area (Å²) < 4.78 is 40.1. The average Bonchev–Trinajstić information content (AvgIpc) is 2.53. The van der Waals surface area contributed by atoms with Crippen LogP contribution in [0.3, 0.4) is 0 Å². The highest BCUT2D eigenvalue weighted by Gasteiger charge is 2.33. The molecule has 0 amide bonds. The van der Waals surface area contributed by atoms with Gasteiger partial charge < -0.3 is 5.32 Å². The monoisotopic (exact) mass is 321 g/mol. The zero-order valence-electron chi connectivity index (χ0n) is 11.8. The van der Waals surface area contributed by atoms with Crippen LogP contribution in [-0.4, -0.2) is 26.4 Å². The van der Waals surface area contributed by atoms with Crippen molar-refractivity contribution in [3.8, 4) is 11.1 Å². The van der Waals surface area contributed by atoms with Crippen LogP contribution in [0.4, 0.5) is 19.1 Å². The largest absolute Gasteiger partial charge is 0.433 e. The number of hydrogen-bond donors (Lipinski definition) is 1. The van der Waals surface area contributed by atoms with Gasteiger partial charge in [-0.25, -0.2) is 4.98 Å². The van der Waals surface area contributed by atoms with Crippen molar-refractivity contribution < 1.29 is 13.2 Å². The number of nitrogens with zero attached hydrogens (tertiary/aromatic N) is 4. The first kappa shape index (κ1) is 14.9. The van der Waals surface area contributed by atoms with E-state index in [1.807, 2.05) is 0 Å². The topological polar surface area (TPSA) is 72.2 Å². The van der Waals surface area contributed by atoms with E-state index in [-0.39, 0.29) is 17.2 Å². The van der Waals surface area contributed by atoms with Gasteiger partial charge in [0.1, 0.15) is 5.69 Å². The number of nitrogens with one attached hydrogen (secondary N) is 1. The van der Waals surface area contributed by atoms with E-state index in [1.165, 1.54) is 30.0 Å². The maximum atomic E-state index is 12.9. The summed E-state index contributed by atoms with van der Waals surface area (Å²) in [7, 11) is 1.51. The van der Waals surface area contributed by atoms with Gasteiger partial charge in [-0.05, 0) is 12.1 Å². The van der Waals surface area contributed by atoms with Crippen LogP contribution < -0.4 is 10.9 Å². The van der Waals surface area contributed by atoms with E-state index >= 15 is 0 Å². The smallest absolute Gasteiger partial charge is 0.358 e. The van der Waals surface area contributed by atoms with Gasteiger partial charge in [0.2, 0.25) is 5.95 Å². The Morgan fingerprint density at radius 1 is 1.22 bits per heavy atom. The molecule has 0 aliphatic carbocycles. The molecule has 0 bridgehead atoms. The molecule has 0 aliphatic rings. The Morgan fingerprint density at radius 2 is 2.00 bits per heavy atom. The van der Waals surface area contributed by atoms with Gasteiger partial charge in [0.05, 0.1) is 5.56 Å². The van der Waals surface area contributed by atoms with Crippen molar-refractivity contribution in [2.45, 2.75) is 6.18 Å². The number of rotatable bonds is 2. The van der Waals surface area contributed by atoms with Crippen molar-refractivity contribution >= 4 is 11.6 Å². The molecule has 1 N–H and O–H groups in total. The number of alkyl halides is 3. The molecule has 118 valence electrons. The Bertz CT molecular complexity index is 921. The highest BCUT2D eigenvalue weighted by molar-refractivity contribution is 5.77. The Labute approximate surface area is 127 Å². The number of anilines is 1. The van der Waals surface area contributed by atoms with Crippen molar-refractivity contribution in [2.24, 2.45) is 0 Å². The van der Waals surface area contributed by atoms with Gasteiger partial charge in [0, 0.05) is 31.2 Å². The minimum atomic E-state index is -4.62. The molecule has 0 saturated carbocycles. The van der Waals surface area contributed by atoms with Crippen LogP contribution in [-0.2, 0) is 6.18 Å². The molecule has 0 unspecified atom stereocenters. The summed E-state index contributed by atoms with van der Waals surface area (Å²) in [6, 6.07) is 3.96. The minimum Gasteiger partial charge on any atom is -0.358 e. The second kappa shape index (κ2) is 5.34. The number of pyridine rings is 1. The molecular formula is C14H10F3N5O. The summed E-state index contributed by atoms with van der Waals surface area (Å²) in [5.74, 6) is 0.0962. The lowest BCUT2D eigenvalue weighted by Crippen LogP contribution is -2.19. The molecule has 6 nitrogen and oxygen atoms in total. The molecule has 3 heterocycles. The van der Waals surface area contributed by atoms with Crippen LogP contribution in [0.2, 0.25) is 0 Å². The van der Waals surface area contributed by atoms with Crippen LogP contribution in [0.25, 0.3) is 16.8 Å². The first-order chi connectivity index (χ1) is 10.9. The summed E-state index contributed by atoms with van der Waals surface area (Å²) in [6.07, 6.45) is -0.580. The average molecular weight is 321 g/mol. The number of aromatic nitrogens is 4. The summed E-state index contributed by atoms with van der Waals surface area (Å²) in [5, 5.41) is 2.66. The zero-order valence-corrected chi connectivity index (χ0v) is 11.8. The molecule has 0 aromatic carbocycles. The summed E-state index contributed by atoms with van der Waals surface area (Å²) in [6.45, 7) is 0.